The normalized spacial score (nSPS) is 21.5. The minimum atomic E-state index is -1.06. The van der Waals surface area contributed by atoms with Crippen LogP contribution < -0.4 is 16.0 Å². The fraction of sp³-hybridized carbons (Fsp3) is 0.625. The van der Waals surface area contributed by atoms with E-state index in [9.17, 15) is 28.8 Å². The van der Waals surface area contributed by atoms with Gasteiger partial charge in [0.05, 0.1) is 12.6 Å². The second-order valence-electron chi connectivity index (χ2n) is 11.7. The molecule has 0 spiro atoms. The van der Waals surface area contributed by atoms with Gasteiger partial charge in [-0.15, -0.1) is 0 Å². The zero-order valence-electron chi connectivity index (χ0n) is 25.6. The van der Waals surface area contributed by atoms with Crippen molar-refractivity contribution in [3.63, 3.8) is 0 Å². The minimum Gasteiger partial charge on any atom is -0.347 e. The number of ketones is 1. The van der Waals surface area contributed by atoms with E-state index in [0.717, 1.165) is 51.4 Å². The molecule has 3 rings (SSSR count). The van der Waals surface area contributed by atoms with Gasteiger partial charge in [-0.1, -0.05) is 81.7 Å². The van der Waals surface area contributed by atoms with E-state index in [1.165, 1.54) is 4.90 Å². The van der Waals surface area contributed by atoms with E-state index < -0.39 is 48.2 Å². The Morgan fingerprint density at radius 2 is 1.51 bits per heavy atom. The summed E-state index contributed by atoms with van der Waals surface area (Å²) in [4.78, 5) is 80.7. The molecule has 0 bridgehead atoms. The maximum atomic E-state index is 13.3. The Morgan fingerprint density at radius 1 is 0.884 bits per heavy atom. The van der Waals surface area contributed by atoms with Gasteiger partial charge >= 0.3 is 0 Å². The Balaban J connectivity index is 1.64. The van der Waals surface area contributed by atoms with Crippen LogP contribution in [0.25, 0.3) is 0 Å². The van der Waals surface area contributed by atoms with E-state index in [2.05, 4.69) is 16.0 Å². The molecule has 1 aromatic carbocycles. The summed E-state index contributed by atoms with van der Waals surface area (Å²) in [5.74, 6) is -3.27. The van der Waals surface area contributed by atoms with Crippen LogP contribution in [-0.2, 0) is 28.8 Å². The Hall–Kier alpha value is -3.76. The maximum Gasteiger partial charge on any atom is 0.290 e. The van der Waals surface area contributed by atoms with Gasteiger partial charge in [0.2, 0.25) is 29.4 Å². The van der Waals surface area contributed by atoms with Crippen LogP contribution in [0.3, 0.4) is 0 Å². The molecule has 0 aromatic heterocycles. The molecule has 2 aliphatic heterocycles. The van der Waals surface area contributed by atoms with Crippen LogP contribution >= 0.6 is 0 Å². The van der Waals surface area contributed by atoms with Crippen molar-refractivity contribution in [1.82, 2.24) is 25.8 Å². The van der Waals surface area contributed by atoms with E-state index in [1.807, 2.05) is 0 Å². The number of rotatable bonds is 7. The van der Waals surface area contributed by atoms with E-state index in [1.54, 1.807) is 49.3 Å². The van der Waals surface area contributed by atoms with Crippen molar-refractivity contribution >= 4 is 35.3 Å². The number of carbonyl (C=O) groups is 6. The molecule has 0 unspecified atom stereocenters. The van der Waals surface area contributed by atoms with Gasteiger partial charge < -0.3 is 25.8 Å². The van der Waals surface area contributed by atoms with Crippen molar-refractivity contribution in [1.29, 1.82) is 0 Å². The second-order valence-corrected chi connectivity index (χ2v) is 11.7. The second kappa shape index (κ2) is 17.4. The third-order valence-electron chi connectivity index (χ3n) is 8.15. The first-order chi connectivity index (χ1) is 20.7. The lowest BCUT2D eigenvalue weighted by Crippen LogP contribution is -2.54. The number of benzene rings is 1. The van der Waals surface area contributed by atoms with Crippen LogP contribution in [0, 0.1) is 0 Å². The largest absolute Gasteiger partial charge is 0.347 e. The molecule has 2 fully saturated rings. The van der Waals surface area contributed by atoms with Crippen LogP contribution in [-0.4, -0.2) is 84.4 Å². The lowest BCUT2D eigenvalue weighted by Gasteiger charge is -2.26. The number of carbonyl (C=O) groups excluding carboxylic acids is 6. The molecular formula is C32H47N5O6. The molecule has 3 atom stereocenters. The van der Waals surface area contributed by atoms with Gasteiger partial charge in [0.1, 0.15) is 12.1 Å². The van der Waals surface area contributed by atoms with E-state index in [0.29, 0.717) is 37.8 Å². The van der Waals surface area contributed by atoms with Crippen molar-refractivity contribution in [3.05, 3.63) is 35.9 Å². The van der Waals surface area contributed by atoms with Gasteiger partial charge in [-0.05, 0) is 31.2 Å². The molecule has 3 N–H and O–H groups in total. The van der Waals surface area contributed by atoms with Crippen LogP contribution in [0.15, 0.2) is 30.3 Å². The highest BCUT2D eigenvalue weighted by atomic mass is 16.2. The molecule has 43 heavy (non-hydrogen) atoms. The number of hydrogen-bond acceptors (Lipinski definition) is 6. The predicted molar refractivity (Wildman–Crippen MR) is 161 cm³/mol. The van der Waals surface area contributed by atoms with Gasteiger partial charge in [0, 0.05) is 27.1 Å². The lowest BCUT2D eigenvalue weighted by molar-refractivity contribution is -0.142. The monoisotopic (exact) mass is 597 g/mol. The van der Waals surface area contributed by atoms with Gasteiger partial charge in [-0.2, -0.15) is 0 Å². The highest BCUT2D eigenvalue weighted by molar-refractivity contribution is 6.38. The van der Waals surface area contributed by atoms with Crippen molar-refractivity contribution in [3.8, 4) is 0 Å². The Morgan fingerprint density at radius 3 is 2.16 bits per heavy atom. The Labute approximate surface area is 254 Å². The lowest BCUT2D eigenvalue weighted by atomic mass is 10.0. The van der Waals surface area contributed by atoms with Gasteiger partial charge in [0.25, 0.3) is 5.91 Å². The van der Waals surface area contributed by atoms with Gasteiger partial charge in [-0.3, -0.25) is 28.8 Å². The van der Waals surface area contributed by atoms with Crippen LogP contribution in [0.5, 0.6) is 0 Å². The van der Waals surface area contributed by atoms with Crippen molar-refractivity contribution in [2.45, 2.75) is 102 Å². The summed E-state index contributed by atoms with van der Waals surface area (Å²) in [5, 5.41) is 7.75. The summed E-state index contributed by atoms with van der Waals surface area (Å²) in [6.45, 7) is -0.00832. The molecule has 11 nitrogen and oxygen atoms in total. The molecule has 0 aliphatic carbocycles. The summed E-state index contributed by atoms with van der Waals surface area (Å²) in [5.41, 5.74) is 0.584. The molecule has 5 amide bonds. The highest BCUT2D eigenvalue weighted by Gasteiger charge is 2.36. The number of amides is 5. The molecular weight excluding hydrogens is 550 g/mol. The topological polar surface area (TPSA) is 145 Å². The summed E-state index contributed by atoms with van der Waals surface area (Å²) < 4.78 is 0. The third kappa shape index (κ3) is 10.5. The van der Waals surface area contributed by atoms with E-state index >= 15 is 0 Å². The van der Waals surface area contributed by atoms with E-state index in [-0.39, 0.29) is 18.2 Å². The number of nitrogens with one attached hydrogen (secondary N) is 3. The Kier molecular flexibility index (Phi) is 13.6. The SMILES string of the molecule is CN(C)C(=O)[C@@H](NC(=O)CNC(=O)C(=O)[C@@H]1CCCCCCCCCCCC(=O)N2CCC[C@H]2C(=O)N1)c1ccccc1. The number of Topliss-reactive ketones (excluding diaryl/α,β-unsaturated/α-hetero) is 1. The van der Waals surface area contributed by atoms with Crippen LogP contribution in [0.2, 0.25) is 0 Å². The first-order valence-corrected chi connectivity index (χ1v) is 15.7. The Bertz CT molecular complexity index is 1120. The van der Waals surface area contributed by atoms with E-state index in [4.69, 9.17) is 0 Å². The number of fused-ring (bicyclic) bond motifs is 1. The standard InChI is InChI=1S/C32H47N5O6/c1-36(2)32(43)28(23-16-11-10-12-17-23)35-26(38)22-33-31(42)29(40)24-18-13-8-6-4-3-5-7-9-14-20-27(39)37-21-15-19-25(37)30(41)34-24/h10-12,16-17,24-25,28H,3-9,13-15,18-22H2,1-2H3,(H,33,42)(H,34,41)(H,35,38)/t24-,25-,28-/m0/s1. The first kappa shape index (κ1) is 33.7. The molecule has 2 aliphatic rings. The summed E-state index contributed by atoms with van der Waals surface area (Å²) in [7, 11) is 3.16. The molecule has 11 heteroatoms. The summed E-state index contributed by atoms with van der Waals surface area (Å²) in [6, 6.07) is 6.07. The van der Waals surface area contributed by atoms with Crippen LogP contribution in [0.4, 0.5) is 0 Å². The zero-order chi connectivity index (χ0) is 31.2. The summed E-state index contributed by atoms with van der Waals surface area (Å²) >= 11 is 0. The van der Waals surface area contributed by atoms with Crippen LogP contribution in [0.1, 0.15) is 95.1 Å². The van der Waals surface area contributed by atoms with Gasteiger partial charge in [-0.25, -0.2) is 0 Å². The highest BCUT2D eigenvalue weighted by Crippen LogP contribution is 2.21. The van der Waals surface area contributed by atoms with Gasteiger partial charge in [0.15, 0.2) is 0 Å². The number of likely N-dealkylation sites (N-methyl/N-ethyl adjacent to an activating group) is 1. The number of nitrogens with zero attached hydrogens (tertiary/aromatic N) is 2. The summed E-state index contributed by atoms with van der Waals surface area (Å²) in [6.07, 6.45) is 10.7. The molecule has 2 heterocycles. The predicted octanol–water partition coefficient (Wildman–Crippen LogP) is 2.40. The van der Waals surface area contributed by atoms with Crippen molar-refractivity contribution < 1.29 is 28.8 Å². The zero-order valence-corrected chi connectivity index (χ0v) is 25.6. The smallest absolute Gasteiger partial charge is 0.290 e. The number of hydrogen-bond donors (Lipinski definition) is 3. The van der Waals surface area contributed by atoms with Crippen molar-refractivity contribution in [2.75, 3.05) is 27.2 Å². The molecule has 2 saturated heterocycles. The maximum absolute atomic E-state index is 13.3. The first-order valence-electron chi connectivity index (χ1n) is 15.7. The third-order valence-corrected chi connectivity index (χ3v) is 8.15. The fourth-order valence-electron chi connectivity index (χ4n) is 5.69. The average Bonchev–Trinajstić information content (AvgIpc) is 3.50. The molecule has 236 valence electrons. The van der Waals surface area contributed by atoms with Crippen molar-refractivity contribution in [2.24, 2.45) is 0 Å². The molecule has 1 aromatic rings. The quantitative estimate of drug-likeness (QED) is 0.412. The molecule has 0 saturated carbocycles. The average molecular weight is 598 g/mol. The molecule has 0 radical (unpaired) electrons. The minimum absolute atomic E-state index is 0.0462. The fourth-order valence-corrected chi connectivity index (χ4v) is 5.69.